The standard InChI is InChI=1S/C13H19N5/c1-9-11(10(2)18(4)17-9)8-15-13-7-5-6-12(14-3)16-13/h5-7H,8H2,1-4H3,(H2,14,15,16). The Kier molecular flexibility index (Phi) is 3.50. The minimum Gasteiger partial charge on any atom is -0.373 e. The first-order chi connectivity index (χ1) is 8.61. The van der Waals surface area contributed by atoms with E-state index in [4.69, 9.17) is 0 Å². The summed E-state index contributed by atoms with van der Waals surface area (Å²) >= 11 is 0. The molecule has 2 aromatic heterocycles. The van der Waals surface area contributed by atoms with Crippen LogP contribution in [0.2, 0.25) is 0 Å². The number of pyridine rings is 1. The average molecular weight is 245 g/mol. The Bertz CT molecular complexity index is 544. The zero-order chi connectivity index (χ0) is 13.1. The summed E-state index contributed by atoms with van der Waals surface area (Å²) in [7, 11) is 3.83. The van der Waals surface area contributed by atoms with Crippen molar-refractivity contribution in [3.8, 4) is 0 Å². The lowest BCUT2D eigenvalue weighted by molar-refractivity contribution is 0.730. The largest absolute Gasteiger partial charge is 0.373 e. The molecule has 18 heavy (non-hydrogen) atoms. The molecule has 0 aliphatic carbocycles. The van der Waals surface area contributed by atoms with Crippen molar-refractivity contribution in [3.63, 3.8) is 0 Å². The molecular formula is C13H19N5. The van der Waals surface area contributed by atoms with Gasteiger partial charge in [-0.1, -0.05) is 6.07 Å². The fourth-order valence-electron chi connectivity index (χ4n) is 1.92. The van der Waals surface area contributed by atoms with Crippen molar-refractivity contribution in [1.29, 1.82) is 0 Å². The van der Waals surface area contributed by atoms with E-state index >= 15 is 0 Å². The molecule has 2 aromatic rings. The quantitative estimate of drug-likeness (QED) is 0.866. The van der Waals surface area contributed by atoms with Gasteiger partial charge in [0, 0.05) is 31.9 Å². The predicted molar refractivity (Wildman–Crippen MR) is 73.8 cm³/mol. The molecule has 0 aromatic carbocycles. The third-order valence-corrected chi connectivity index (χ3v) is 3.11. The molecule has 0 spiro atoms. The molecule has 5 heteroatoms. The van der Waals surface area contributed by atoms with Crippen molar-refractivity contribution in [3.05, 3.63) is 35.2 Å². The van der Waals surface area contributed by atoms with E-state index in [0.717, 1.165) is 23.9 Å². The first-order valence-corrected chi connectivity index (χ1v) is 5.99. The average Bonchev–Trinajstić information content (AvgIpc) is 2.61. The van der Waals surface area contributed by atoms with E-state index in [9.17, 15) is 0 Å². The Morgan fingerprint density at radius 3 is 2.56 bits per heavy atom. The minimum absolute atomic E-state index is 0.742. The van der Waals surface area contributed by atoms with Gasteiger partial charge in [-0.15, -0.1) is 0 Å². The number of nitrogens with one attached hydrogen (secondary N) is 2. The second-order valence-electron chi connectivity index (χ2n) is 4.28. The van der Waals surface area contributed by atoms with Crippen LogP contribution >= 0.6 is 0 Å². The van der Waals surface area contributed by atoms with Crippen LogP contribution in [0.1, 0.15) is 17.0 Å². The number of nitrogens with zero attached hydrogens (tertiary/aromatic N) is 3. The minimum atomic E-state index is 0.742. The fourth-order valence-corrected chi connectivity index (χ4v) is 1.92. The zero-order valence-corrected chi connectivity index (χ0v) is 11.3. The molecule has 2 rings (SSSR count). The van der Waals surface area contributed by atoms with E-state index in [1.54, 1.807) is 0 Å². The molecule has 0 atom stereocenters. The number of anilines is 2. The number of hydrogen-bond donors (Lipinski definition) is 2. The van der Waals surface area contributed by atoms with Crippen LogP contribution in [-0.2, 0) is 13.6 Å². The van der Waals surface area contributed by atoms with Gasteiger partial charge in [-0.3, -0.25) is 4.68 Å². The third-order valence-electron chi connectivity index (χ3n) is 3.11. The van der Waals surface area contributed by atoms with E-state index < -0.39 is 0 Å². The van der Waals surface area contributed by atoms with Crippen molar-refractivity contribution < 1.29 is 0 Å². The highest BCUT2D eigenvalue weighted by molar-refractivity contribution is 5.45. The smallest absolute Gasteiger partial charge is 0.128 e. The van der Waals surface area contributed by atoms with Gasteiger partial charge in [0.1, 0.15) is 11.6 Å². The normalized spacial score (nSPS) is 10.4. The summed E-state index contributed by atoms with van der Waals surface area (Å²) in [6.07, 6.45) is 0. The number of aryl methyl sites for hydroxylation is 2. The Balaban J connectivity index is 2.11. The number of rotatable bonds is 4. The number of aromatic nitrogens is 3. The van der Waals surface area contributed by atoms with E-state index in [2.05, 4.69) is 27.6 Å². The molecule has 0 fully saturated rings. The molecule has 0 radical (unpaired) electrons. The summed E-state index contributed by atoms with van der Waals surface area (Å²) in [6, 6.07) is 5.87. The highest BCUT2D eigenvalue weighted by Gasteiger charge is 2.08. The molecule has 96 valence electrons. The van der Waals surface area contributed by atoms with Crippen LogP contribution in [0.5, 0.6) is 0 Å². The van der Waals surface area contributed by atoms with Gasteiger partial charge >= 0.3 is 0 Å². The second kappa shape index (κ2) is 5.08. The summed E-state index contributed by atoms with van der Waals surface area (Å²) in [5.41, 5.74) is 3.48. The first kappa shape index (κ1) is 12.4. The predicted octanol–water partition coefficient (Wildman–Crippen LogP) is 2.09. The van der Waals surface area contributed by atoms with Gasteiger partial charge < -0.3 is 10.6 Å². The van der Waals surface area contributed by atoms with Crippen molar-refractivity contribution in [2.24, 2.45) is 7.05 Å². The highest BCUT2D eigenvalue weighted by atomic mass is 15.3. The topological polar surface area (TPSA) is 54.8 Å². The maximum absolute atomic E-state index is 4.42. The molecule has 2 N–H and O–H groups in total. The molecule has 0 bridgehead atoms. The molecule has 0 unspecified atom stereocenters. The van der Waals surface area contributed by atoms with E-state index in [-0.39, 0.29) is 0 Å². The van der Waals surface area contributed by atoms with Crippen molar-refractivity contribution in [2.75, 3.05) is 17.7 Å². The van der Waals surface area contributed by atoms with Crippen LogP contribution in [0.4, 0.5) is 11.6 Å². The van der Waals surface area contributed by atoms with Crippen LogP contribution in [0.15, 0.2) is 18.2 Å². The van der Waals surface area contributed by atoms with Gasteiger partial charge in [-0.05, 0) is 26.0 Å². The van der Waals surface area contributed by atoms with Crippen molar-refractivity contribution in [2.45, 2.75) is 20.4 Å². The lowest BCUT2D eigenvalue weighted by atomic mass is 10.2. The maximum Gasteiger partial charge on any atom is 0.128 e. The van der Waals surface area contributed by atoms with Crippen LogP contribution in [0, 0.1) is 13.8 Å². The summed E-state index contributed by atoms with van der Waals surface area (Å²) in [5.74, 6) is 1.73. The maximum atomic E-state index is 4.42. The molecule has 0 aliphatic rings. The summed E-state index contributed by atoms with van der Waals surface area (Å²) < 4.78 is 1.91. The lowest BCUT2D eigenvalue weighted by Crippen LogP contribution is -2.04. The van der Waals surface area contributed by atoms with Crippen LogP contribution in [0.3, 0.4) is 0 Å². The van der Waals surface area contributed by atoms with Crippen LogP contribution < -0.4 is 10.6 Å². The lowest BCUT2D eigenvalue weighted by Gasteiger charge is -2.07. The van der Waals surface area contributed by atoms with Crippen LogP contribution in [0.25, 0.3) is 0 Å². The SMILES string of the molecule is CNc1cccc(NCc2c(C)nn(C)c2C)n1. The van der Waals surface area contributed by atoms with Gasteiger partial charge in [-0.2, -0.15) is 5.10 Å². The van der Waals surface area contributed by atoms with Crippen LogP contribution in [-0.4, -0.2) is 21.8 Å². The summed E-state index contributed by atoms with van der Waals surface area (Å²) in [5, 5.41) is 10.8. The highest BCUT2D eigenvalue weighted by Crippen LogP contribution is 2.15. The van der Waals surface area contributed by atoms with Gasteiger partial charge in [0.05, 0.1) is 5.69 Å². The molecule has 0 aliphatic heterocycles. The van der Waals surface area contributed by atoms with Gasteiger partial charge in [0.2, 0.25) is 0 Å². The van der Waals surface area contributed by atoms with Crippen molar-refractivity contribution >= 4 is 11.6 Å². The molecular weight excluding hydrogens is 226 g/mol. The molecule has 0 saturated heterocycles. The third kappa shape index (κ3) is 2.45. The summed E-state index contributed by atoms with van der Waals surface area (Å²) in [4.78, 5) is 4.42. The number of hydrogen-bond acceptors (Lipinski definition) is 4. The molecule has 2 heterocycles. The van der Waals surface area contributed by atoms with E-state index in [1.807, 2.05) is 43.9 Å². The summed E-state index contributed by atoms with van der Waals surface area (Å²) in [6.45, 7) is 4.85. The Morgan fingerprint density at radius 1 is 1.22 bits per heavy atom. The second-order valence-corrected chi connectivity index (χ2v) is 4.28. The van der Waals surface area contributed by atoms with Gasteiger partial charge in [-0.25, -0.2) is 4.98 Å². The molecule has 0 saturated carbocycles. The Labute approximate surface area is 107 Å². The van der Waals surface area contributed by atoms with E-state index in [1.165, 1.54) is 11.3 Å². The van der Waals surface area contributed by atoms with Crippen molar-refractivity contribution in [1.82, 2.24) is 14.8 Å². The molecule has 0 amide bonds. The zero-order valence-electron chi connectivity index (χ0n) is 11.3. The fraction of sp³-hybridized carbons (Fsp3) is 0.385. The van der Waals surface area contributed by atoms with Gasteiger partial charge in [0.15, 0.2) is 0 Å². The Hall–Kier alpha value is -2.04. The first-order valence-electron chi connectivity index (χ1n) is 5.99. The monoisotopic (exact) mass is 245 g/mol. The molecule has 5 nitrogen and oxygen atoms in total. The van der Waals surface area contributed by atoms with Gasteiger partial charge in [0.25, 0.3) is 0 Å². The Morgan fingerprint density at radius 2 is 1.94 bits per heavy atom. The van der Waals surface area contributed by atoms with E-state index in [0.29, 0.717) is 0 Å².